The van der Waals surface area contributed by atoms with Gasteiger partial charge in [-0.25, -0.2) is 0 Å². The molecule has 0 fully saturated rings. The maximum atomic E-state index is 11.9. The molecule has 98 valence electrons. The van der Waals surface area contributed by atoms with Gasteiger partial charge in [0.15, 0.2) is 0 Å². The second-order valence-electron chi connectivity index (χ2n) is 4.08. The molecule has 4 heteroatoms. The maximum Gasteiger partial charge on any atom is 0.242 e. The molecule has 2 aromatic carbocycles. The molecule has 0 aliphatic carbocycles. The van der Waals surface area contributed by atoms with Crippen molar-refractivity contribution >= 4 is 23.2 Å². The Morgan fingerprint density at radius 2 is 1.68 bits per heavy atom. The normalized spacial score (nSPS) is 10.2. The van der Waals surface area contributed by atoms with Crippen molar-refractivity contribution in [3.8, 4) is 5.75 Å². The highest BCUT2D eigenvalue weighted by Crippen LogP contribution is 2.22. The van der Waals surface area contributed by atoms with Gasteiger partial charge in [0.25, 0.3) is 0 Å². The van der Waals surface area contributed by atoms with Crippen molar-refractivity contribution in [3.63, 3.8) is 0 Å². The predicted octanol–water partition coefficient (Wildman–Crippen LogP) is 3.16. The molecule has 1 amide bonds. The van der Waals surface area contributed by atoms with E-state index in [1.54, 1.807) is 23.1 Å². The number of para-hydroxylation sites is 2. The van der Waals surface area contributed by atoms with Crippen molar-refractivity contribution < 1.29 is 9.90 Å². The van der Waals surface area contributed by atoms with Crippen molar-refractivity contribution in [1.29, 1.82) is 0 Å². The lowest BCUT2D eigenvalue weighted by Crippen LogP contribution is -2.31. The molecule has 0 aromatic heterocycles. The van der Waals surface area contributed by atoms with Crippen molar-refractivity contribution in [3.05, 3.63) is 60.2 Å². The third kappa shape index (κ3) is 3.26. The summed E-state index contributed by atoms with van der Waals surface area (Å²) in [5, 5.41) is 9.79. The summed E-state index contributed by atoms with van der Waals surface area (Å²) in [7, 11) is 0. The molecule has 0 saturated carbocycles. The zero-order valence-electron chi connectivity index (χ0n) is 10.3. The number of amides is 1. The van der Waals surface area contributed by atoms with Gasteiger partial charge in [0.2, 0.25) is 5.91 Å². The molecule has 0 heterocycles. The Labute approximate surface area is 117 Å². The van der Waals surface area contributed by atoms with Gasteiger partial charge in [-0.3, -0.25) is 4.79 Å². The number of hydrogen-bond acceptors (Lipinski definition) is 2. The molecule has 0 aliphatic rings. The predicted molar refractivity (Wildman–Crippen MR) is 76.5 cm³/mol. The van der Waals surface area contributed by atoms with E-state index in [9.17, 15) is 9.90 Å². The molecular weight excluding hydrogens is 262 g/mol. The van der Waals surface area contributed by atoms with Crippen LogP contribution < -0.4 is 4.90 Å². The zero-order valence-corrected chi connectivity index (χ0v) is 11.0. The number of anilines is 1. The number of carbonyl (C=O) groups is 1. The smallest absolute Gasteiger partial charge is 0.242 e. The summed E-state index contributed by atoms with van der Waals surface area (Å²) in [6.45, 7) is 0.294. The average Bonchev–Trinajstić information content (AvgIpc) is 2.46. The number of hydrogen-bond donors (Lipinski definition) is 1. The molecule has 0 bridgehead atoms. The molecule has 0 saturated heterocycles. The third-order valence-electron chi connectivity index (χ3n) is 2.80. The summed E-state index contributed by atoms with van der Waals surface area (Å²) in [6.07, 6.45) is 0. The molecule has 0 aliphatic heterocycles. The SMILES string of the molecule is O=C(CCl)N(Cc1ccccc1O)c1ccccc1. The minimum atomic E-state index is -0.198. The van der Waals surface area contributed by atoms with Gasteiger partial charge >= 0.3 is 0 Å². The monoisotopic (exact) mass is 275 g/mol. The molecule has 19 heavy (non-hydrogen) atoms. The Morgan fingerprint density at radius 3 is 2.32 bits per heavy atom. The Bertz CT molecular complexity index is 557. The molecule has 1 N–H and O–H groups in total. The first-order valence-electron chi connectivity index (χ1n) is 5.90. The Hall–Kier alpha value is -2.00. The fraction of sp³-hybridized carbons (Fsp3) is 0.133. The lowest BCUT2D eigenvalue weighted by atomic mass is 10.1. The van der Waals surface area contributed by atoms with E-state index in [2.05, 4.69) is 0 Å². The van der Waals surface area contributed by atoms with E-state index in [4.69, 9.17) is 11.6 Å². The second-order valence-corrected chi connectivity index (χ2v) is 4.35. The highest BCUT2D eigenvalue weighted by atomic mass is 35.5. The van der Waals surface area contributed by atoms with Crippen LogP contribution in [-0.2, 0) is 11.3 Å². The van der Waals surface area contributed by atoms with E-state index in [1.165, 1.54) is 0 Å². The van der Waals surface area contributed by atoms with Gasteiger partial charge < -0.3 is 10.0 Å². The van der Waals surface area contributed by atoms with E-state index in [-0.39, 0.29) is 17.5 Å². The molecule has 3 nitrogen and oxygen atoms in total. The summed E-state index contributed by atoms with van der Waals surface area (Å²) >= 11 is 5.65. The van der Waals surface area contributed by atoms with Crippen LogP contribution >= 0.6 is 11.6 Å². The summed E-state index contributed by atoms with van der Waals surface area (Å²) < 4.78 is 0. The first-order valence-corrected chi connectivity index (χ1v) is 6.44. The Kier molecular flexibility index (Phi) is 4.42. The standard InChI is InChI=1S/C15H14ClNO2/c16-10-15(19)17(13-7-2-1-3-8-13)11-12-6-4-5-9-14(12)18/h1-9,18H,10-11H2. The van der Waals surface area contributed by atoms with E-state index in [0.717, 1.165) is 5.69 Å². The summed E-state index contributed by atoms with van der Waals surface area (Å²) in [5.74, 6) is -0.121. The highest BCUT2D eigenvalue weighted by Gasteiger charge is 2.16. The van der Waals surface area contributed by atoms with Gasteiger partial charge in [0.05, 0.1) is 6.54 Å². The first kappa shape index (κ1) is 13.4. The van der Waals surface area contributed by atoms with Crippen LogP contribution in [0.2, 0.25) is 0 Å². The number of aromatic hydroxyl groups is 1. The van der Waals surface area contributed by atoms with E-state index < -0.39 is 0 Å². The number of phenolic OH excluding ortho intramolecular Hbond substituents is 1. The lowest BCUT2D eigenvalue weighted by Gasteiger charge is -2.22. The van der Waals surface area contributed by atoms with Crippen LogP contribution in [0.1, 0.15) is 5.56 Å². The number of alkyl halides is 1. The van der Waals surface area contributed by atoms with Crippen LogP contribution in [0.3, 0.4) is 0 Å². The number of carbonyl (C=O) groups excluding carboxylic acids is 1. The Morgan fingerprint density at radius 1 is 1.05 bits per heavy atom. The summed E-state index contributed by atoms with van der Waals surface area (Å²) in [6, 6.07) is 16.2. The highest BCUT2D eigenvalue weighted by molar-refractivity contribution is 6.29. The summed E-state index contributed by atoms with van der Waals surface area (Å²) in [4.78, 5) is 13.5. The van der Waals surface area contributed by atoms with Crippen molar-refractivity contribution in [1.82, 2.24) is 0 Å². The number of halogens is 1. The summed E-state index contributed by atoms with van der Waals surface area (Å²) in [5.41, 5.74) is 1.45. The molecule has 2 aromatic rings. The molecule has 0 atom stereocenters. The van der Waals surface area contributed by atoms with Crippen molar-refractivity contribution in [2.75, 3.05) is 10.8 Å². The van der Waals surface area contributed by atoms with Gasteiger partial charge in [0.1, 0.15) is 11.6 Å². The third-order valence-corrected chi connectivity index (χ3v) is 3.03. The van der Waals surface area contributed by atoms with Crippen LogP contribution in [-0.4, -0.2) is 16.9 Å². The van der Waals surface area contributed by atoms with Crippen LogP contribution in [0.25, 0.3) is 0 Å². The van der Waals surface area contributed by atoms with E-state index in [1.807, 2.05) is 36.4 Å². The van der Waals surface area contributed by atoms with Gasteiger partial charge in [0, 0.05) is 11.3 Å². The molecule has 0 radical (unpaired) electrons. The Balaban J connectivity index is 2.30. The van der Waals surface area contributed by atoms with Crippen molar-refractivity contribution in [2.45, 2.75) is 6.54 Å². The van der Waals surface area contributed by atoms with Crippen LogP contribution in [0.4, 0.5) is 5.69 Å². The maximum absolute atomic E-state index is 11.9. The largest absolute Gasteiger partial charge is 0.508 e. The van der Waals surface area contributed by atoms with Crippen LogP contribution in [0, 0.1) is 0 Å². The minimum Gasteiger partial charge on any atom is -0.508 e. The van der Waals surface area contributed by atoms with E-state index in [0.29, 0.717) is 12.1 Å². The van der Waals surface area contributed by atoms with Gasteiger partial charge in [-0.15, -0.1) is 11.6 Å². The van der Waals surface area contributed by atoms with Crippen molar-refractivity contribution in [2.24, 2.45) is 0 Å². The van der Waals surface area contributed by atoms with E-state index >= 15 is 0 Å². The van der Waals surface area contributed by atoms with Gasteiger partial charge in [-0.05, 0) is 18.2 Å². The minimum absolute atomic E-state index is 0.0948. The average molecular weight is 276 g/mol. The van der Waals surface area contributed by atoms with Crippen LogP contribution in [0.15, 0.2) is 54.6 Å². The fourth-order valence-corrected chi connectivity index (χ4v) is 1.96. The molecule has 0 unspecified atom stereocenters. The number of phenols is 1. The molecular formula is C15H14ClNO2. The first-order chi connectivity index (χ1) is 9.22. The zero-order chi connectivity index (χ0) is 13.7. The lowest BCUT2D eigenvalue weighted by molar-refractivity contribution is -0.116. The quantitative estimate of drug-likeness (QED) is 0.871. The molecule has 2 rings (SSSR count). The number of benzene rings is 2. The number of rotatable bonds is 4. The second kappa shape index (κ2) is 6.25. The number of nitrogens with zero attached hydrogens (tertiary/aromatic N) is 1. The van der Waals surface area contributed by atoms with Gasteiger partial charge in [-0.2, -0.15) is 0 Å². The molecule has 0 spiro atoms. The fourth-order valence-electron chi connectivity index (χ4n) is 1.82. The van der Waals surface area contributed by atoms with Gasteiger partial charge in [-0.1, -0.05) is 36.4 Å². The topological polar surface area (TPSA) is 40.5 Å². The van der Waals surface area contributed by atoms with Crippen LogP contribution in [0.5, 0.6) is 5.75 Å².